The molecule has 0 amide bonds. The molecule has 0 N–H and O–H groups in total. The second kappa shape index (κ2) is 13.8. The SMILES string of the molecule is C[Si](C)=[Zr+2].Cc1cc2c(C)c(Br)ccc2[cH-]1.Cc1cc2c(C)c(Br)ccc2[cH-]1.[Cl-].[Cl-]. The summed E-state index contributed by atoms with van der Waals surface area (Å²) in [5, 5.41) is 5.41. The Morgan fingerprint density at radius 1 is 0.700 bits per heavy atom. The van der Waals surface area contributed by atoms with Gasteiger partial charge < -0.3 is 24.8 Å². The van der Waals surface area contributed by atoms with E-state index in [0.717, 1.165) is 0 Å². The fourth-order valence-corrected chi connectivity index (χ4v) is 3.80. The van der Waals surface area contributed by atoms with Crippen molar-refractivity contribution in [2.24, 2.45) is 0 Å². The number of fused-ring (bicyclic) bond motifs is 2. The van der Waals surface area contributed by atoms with E-state index in [1.54, 1.807) is 23.3 Å². The normalized spacial score (nSPS) is 9.67. The van der Waals surface area contributed by atoms with E-state index in [1.807, 2.05) is 0 Å². The van der Waals surface area contributed by atoms with E-state index >= 15 is 0 Å². The summed E-state index contributed by atoms with van der Waals surface area (Å²) in [6.45, 7) is 13.2. The Balaban J connectivity index is 0.000000452. The summed E-state index contributed by atoms with van der Waals surface area (Å²) in [6, 6.07) is 17.4. The fourth-order valence-electron chi connectivity index (χ4n) is 3.11. The first-order valence-corrected chi connectivity index (χ1v) is 17.0. The molecule has 6 heteroatoms. The van der Waals surface area contributed by atoms with Crippen molar-refractivity contribution >= 4 is 58.8 Å². The van der Waals surface area contributed by atoms with E-state index in [0.29, 0.717) is 0 Å². The molecule has 0 atom stereocenters. The van der Waals surface area contributed by atoms with Gasteiger partial charge >= 0.3 is 41.9 Å². The predicted molar refractivity (Wildman–Crippen MR) is 131 cm³/mol. The summed E-state index contributed by atoms with van der Waals surface area (Å²) in [7, 11) is 0. The Bertz CT molecular complexity index is 1040. The molecule has 0 saturated carbocycles. The molecular weight excluding hydrogens is 638 g/mol. The van der Waals surface area contributed by atoms with E-state index < -0.39 is 0 Å². The molecule has 0 unspecified atom stereocenters. The summed E-state index contributed by atoms with van der Waals surface area (Å²) >= 11 is 8.79. The van der Waals surface area contributed by atoms with Crippen molar-refractivity contribution in [3.63, 3.8) is 0 Å². The van der Waals surface area contributed by atoms with Gasteiger partial charge in [0.05, 0.1) is 0 Å². The summed E-state index contributed by atoms with van der Waals surface area (Å²) < 4.78 is 2.39. The molecule has 4 rings (SSSR count). The number of aryl methyl sites for hydroxylation is 4. The van der Waals surface area contributed by atoms with Gasteiger partial charge in [-0.3, -0.25) is 0 Å². The zero-order valence-corrected chi connectivity index (χ0v) is 26.3. The van der Waals surface area contributed by atoms with Gasteiger partial charge in [0.25, 0.3) is 0 Å². The van der Waals surface area contributed by atoms with E-state index in [1.165, 1.54) is 52.7 Å². The largest absolute Gasteiger partial charge is 1.00 e. The molecule has 0 saturated heterocycles. The molecule has 0 aliphatic heterocycles. The van der Waals surface area contributed by atoms with Gasteiger partial charge in [-0.2, -0.15) is 12.1 Å². The number of halogens is 4. The molecule has 0 aliphatic rings. The molecule has 30 heavy (non-hydrogen) atoms. The van der Waals surface area contributed by atoms with E-state index in [4.69, 9.17) is 0 Å². The zero-order chi connectivity index (χ0) is 21.0. The van der Waals surface area contributed by atoms with Crippen molar-refractivity contribution in [2.75, 3.05) is 0 Å². The van der Waals surface area contributed by atoms with Gasteiger partial charge in [-0.1, -0.05) is 69.0 Å². The Hall–Kier alpha value is 0.300. The van der Waals surface area contributed by atoms with Crippen LogP contribution in [0.3, 0.4) is 0 Å². The van der Waals surface area contributed by atoms with Crippen LogP contribution in [0.15, 0.2) is 57.5 Å². The minimum Gasteiger partial charge on any atom is -1.00 e. The first-order valence-electron chi connectivity index (χ1n) is 9.26. The second-order valence-corrected chi connectivity index (χ2v) is 18.5. The maximum Gasteiger partial charge on any atom is 0.00188 e. The molecule has 0 aromatic heterocycles. The first-order chi connectivity index (χ1) is 13.1. The molecule has 0 radical (unpaired) electrons. The predicted octanol–water partition coefficient (Wildman–Crippen LogP) is 2.67. The summed E-state index contributed by atoms with van der Waals surface area (Å²) in [6.07, 6.45) is 0. The number of rotatable bonds is 0. The molecule has 4 aromatic carbocycles. The maximum atomic E-state index is 3.53. The van der Waals surface area contributed by atoms with Gasteiger partial charge in [0, 0.05) is 8.95 Å². The van der Waals surface area contributed by atoms with E-state index in [-0.39, 0.29) is 30.2 Å². The van der Waals surface area contributed by atoms with Gasteiger partial charge in [-0.05, 0) is 13.8 Å². The zero-order valence-electron chi connectivity index (χ0n) is 18.1. The maximum absolute atomic E-state index is 3.53. The Morgan fingerprint density at radius 3 is 1.30 bits per heavy atom. The van der Waals surface area contributed by atoms with E-state index in [9.17, 15) is 0 Å². The van der Waals surface area contributed by atoms with Crippen molar-refractivity contribution in [2.45, 2.75) is 40.8 Å². The molecule has 0 fully saturated rings. The van der Waals surface area contributed by atoms with Crippen LogP contribution >= 0.6 is 31.9 Å². The number of hydrogen-bond donors (Lipinski definition) is 0. The third kappa shape index (κ3) is 8.34. The molecule has 0 nitrogen and oxygen atoms in total. The van der Waals surface area contributed by atoms with Crippen molar-refractivity contribution in [1.82, 2.24) is 0 Å². The smallest absolute Gasteiger partial charge is 0.00188 e. The molecule has 0 bridgehead atoms. The van der Waals surface area contributed by atoms with Crippen LogP contribution in [0.2, 0.25) is 13.1 Å². The topological polar surface area (TPSA) is 0 Å². The average Bonchev–Trinajstić information content (AvgIpc) is 3.17. The third-order valence-corrected chi connectivity index (χ3v) is 6.19. The Morgan fingerprint density at radius 2 is 1.00 bits per heavy atom. The molecule has 0 aliphatic carbocycles. The average molecular weight is 664 g/mol. The van der Waals surface area contributed by atoms with Crippen LogP contribution in [0, 0.1) is 27.7 Å². The van der Waals surface area contributed by atoms with E-state index in [2.05, 4.69) is 121 Å². The summed E-state index contributed by atoms with van der Waals surface area (Å²) in [5.74, 6) is 0. The van der Waals surface area contributed by atoms with Crippen LogP contribution in [-0.4, -0.2) is 5.43 Å². The van der Waals surface area contributed by atoms with Crippen molar-refractivity contribution in [1.29, 1.82) is 0 Å². The van der Waals surface area contributed by atoms with Crippen LogP contribution in [-0.2, 0) is 23.3 Å². The van der Waals surface area contributed by atoms with Crippen molar-refractivity contribution < 1.29 is 48.1 Å². The quantitative estimate of drug-likeness (QED) is 0.201. The standard InChI is InChI=1S/2C11H10Br.C2H6Si.2ClH.Zr/c2*1-7-5-9-3-4-11(12)8(2)10(9)6-7;1-3-2;;;/h2*3-6H,1-2H3;1-2H3;2*1H;/q2*-1;;;;+2/p-2. The Labute approximate surface area is 225 Å². The summed E-state index contributed by atoms with van der Waals surface area (Å²) in [4.78, 5) is 0. The van der Waals surface area contributed by atoms with Crippen LogP contribution in [0.25, 0.3) is 21.5 Å². The van der Waals surface area contributed by atoms with Gasteiger partial charge in [-0.15, -0.1) is 56.9 Å². The van der Waals surface area contributed by atoms with Gasteiger partial charge in [0.2, 0.25) is 0 Å². The number of hydrogen-bond acceptors (Lipinski definition) is 0. The van der Waals surface area contributed by atoms with Crippen LogP contribution < -0.4 is 24.8 Å². The first kappa shape index (κ1) is 30.3. The van der Waals surface area contributed by atoms with Gasteiger partial charge in [0.1, 0.15) is 0 Å². The van der Waals surface area contributed by atoms with Crippen LogP contribution in [0.4, 0.5) is 0 Å². The molecular formula is C24H26Br2Cl2SiZr-2. The van der Waals surface area contributed by atoms with Gasteiger partial charge in [-0.25, -0.2) is 0 Å². The van der Waals surface area contributed by atoms with Gasteiger partial charge in [0.15, 0.2) is 0 Å². The minimum atomic E-state index is 0. The number of benzene rings is 2. The third-order valence-electron chi connectivity index (χ3n) is 4.48. The molecule has 4 aromatic rings. The molecule has 0 heterocycles. The monoisotopic (exact) mass is 660 g/mol. The van der Waals surface area contributed by atoms with Crippen molar-refractivity contribution in [3.05, 3.63) is 79.7 Å². The van der Waals surface area contributed by atoms with Crippen LogP contribution in [0.1, 0.15) is 22.3 Å². The second-order valence-electron chi connectivity index (χ2n) is 7.42. The Kier molecular flexibility index (Phi) is 13.9. The van der Waals surface area contributed by atoms with Crippen LogP contribution in [0.5, 0.6) is 0 Å². The molecule has 0 spiro atoms. The molecule has 160 valence electrons. The summed E-state index contributed by atoms with van der Waals surface area (Å²) in [5.41, 5.74) is 5.56. The fraction of sp³-hybridized carbons (Fsp3) is 0.250. The van der Waals surface area contributed by atoms with Crippen molar-refractivity contribution in [3.8, 4) is 0 Å². The minimum absolute atomic E-state index is 0.